The molecule has 19 heavy (non-hydrogen) atoms. The molecule has 2 unspecified atom stereocenters. The zero-order valence-electron chi connectivity index (χ0n) is 10.9. The molecule has 2 atom stereocenters. The van der Waals surface area contributed by atoms with E-state index in [0.29, 0.717) is 0 Å². The summed E-state index contributed by atoms with van der Waals surface area (Å²) in [6.45, 7) is 3.87. The number of hydrogen-bond donors (Lipinski definition) is 1. The van der Waals surface area contributed by atoms with Crippen LogP contribution in [0.5, 0.6) is 0 Å². The molecular weight excluding hydrogens is 246 g/mol. The summed E-state index contributed by atoms with van der Waals surface area (Å²) in [4.78, 5) is 3.82. The Morgan fingerprint density at radius 2 is 1.63 bits per heavy atom. The average molecular weight is 262 g/mol. The quantitative estimate of drug-likeness (QED) is 0.907. The fourth-order valence-electron chi connectivity index (χ4n) is 2.01. The van der Waals surface area contributed by atoms with Crippen LogP contribution in [-0.2, 0) is 0 Å². The minimum atomic E-state index is -0.357. The number of aromatic nitrogens is 1. The van der Waals surface area contributed by atoms with Gasteiger partial charge in [0.25, 0.3) is 0 Å². The van der Waals surface area contributed by atoms with E-state index in [0.717, 1.165) is 11.1 Å². The zero-order valence-corrected chi connectivity index (χ0v) is 10.9. The Morgan fingerprint density at radius 1 is 0.947 bits per heavy atom. The summed E-state index contributed by atoms with van der Waals surface area (Å²) in [6, 6.07) is 7.79. The van der Waals surface area contributed by atoms with Gasteiger partial charge in [-0.05, 0) is 43.2 Å². The van der Waals surface area contributed by atoms with Gasteiger partial charge >= 0.3 is 0 Å². The Balaban J connectivity index is 2.08. The highest BCUT2D eigenvalue weighted by atomic mass is 19.1. The number of rotatable bonds is 4. The molecule has 0 amide bonds. The molecule has 1 aromatic carbocycles. The van der Waals surface area contributed by atoms with Crippen molar-refractivity contribution in [2.75, 3.05) is 0 Å². The van der Waals surface area contributed by atoms with Crippen molar-refractivity contribution in [2.24, 2.45) is 0 Å². The van der Waals surface area contributed by atoms with Crippen LogP contribution in [0.3, 0.4) is 0 Å². The number of hydrogen-bond acceptors (Lipinski definition) is 2. The molecule has 0 saturated heterocycles. The van der Waals surface area contributed by atoms with E-state index in [9.17, 15) is 8.78 Å². The summed E-state index contributed by atoms with van der Waals surface area (Å²) in [5, 5.41) is 3.29. The molecule has 1 aromatic heterocycles. The van der Waals surface area contributed by atoms with E-state index >= 15 is 0 Å². The van der Waals surface area contributed by atoms with Gasteiger partial charge < -0.3 is 5.32 Å². The van der Waals surface area contributed by atoms with Crippen LogP contribution in [0.15, 0.2) is 42.7 Å². The number of pyridine rings is 1. The van der Waals surface area contributed by atoms with Gasteiger partial charge in [0, 0.05) is 18.3 Å². The van der Waals surface area contributed by atoms with Crippen molar-refractivity contribution in [1.29, 1.82) is 0 Å². The van der Waals surface area contributed by atoms with Crippen LogP contribution < -0.4 is 5.32 Å². The van der Waals surface area contributed by atoms with Crippen LogP contribution >= 0.6 is 0 Å². The Bertz CT molecular complexity index is 508. The van der Waals surface area contributed by atoms with Gasteiger partial charge in [0.05, 0.1) is 6.20 Å². The van der Waals surface area contributed by atoms with Gasteiger partial charge in [-0.2, -0.15) is 0 Å². The van der Waals surface area contributed by atoms with E-state index in [1.54, 1.807) is 12.3 Å². The van der Waals surface area contributed by atoms with Crippen molar-refractivity contribution < 1.29 is 8.78 Å². The Kier molecular flexibility index (Phi) is 4.22. The molecule has 0 bridgehead atoms. The van der Waals surface area contributed by atoms with Crippen molar-refractivity contribution in [3.63, 3.8) is 0 Å². The topological polar surface area (TPSA) is 24.9 Å². The largest absolute Gasteiger partial charge is 0.304 e. The maximum Gasteiger partial charge on any atom is 0.141 e. The third-order valence-corrected chi connectivity index (χ3v) is 3.07. The van der Waals surface area contributed by atoms with Crippen molar-refractivity contribution in [3.8, 4) is 0 Å². The average Bonchev–Trinajstić information content (AvgIpc) is 2.38. The van der Waals surface area contributed by atoms with E-state index < -0.39 is 0 Å². The summed E-state index contributed by atoms with van der Waals surface area (Å²) >= 11 is 0. The number of nitrogens with one attached hydrogen (secondary N) is 1. The smallest absolute Gasteiger partial charge is 0.141 e. The van der Waals surface area contributed by atoms with Crippen molar-refractivity contribution in [1.82, 2.24) is 10.3 Å². The molecule has 2 rings (SSSR count). The molecule has 0 aliphatic rings. The Hall–Kier alpha value is -1.81. The highest BCUT2D eigenvalue weighted by molar-refractivity contribution is 5.21. The standard InChI is InChI=1S/C15H16F2N2/c1-10(12-4-3-5-14(16)6-12)19-11(2)13-7-15(17)9-18-8-13/h3-11,19H,1-2H3. The van der Waals surface area contributed by atoms with E-state index in [1.807, 2.05) is 19.9 Å². The minimum Gasteiger partial charge on any atom is -0.304 e. The maximum absolute atomic E-state index is 13.2. The van der Waals surface area contributed by atoms with E-state index in [2.05, 4.69) is 10.3 Å². The third-order valence-electron chi connectivity index (χ3n) is 3.07. The molecule has 100 valence electrons. The highest BCUT2D eigenvalue weighted by Gasteiger charge is 2.12. The lowest BCUT2D eigenvalue weighted by atomic mass is 10.1. The van der Waals surface area contributed by atoms with Gasteiger partial charge in [0.1, 0.15) is 11.6 Å². The van der Waals surface area contributed by atoms with Gasteiger partial charge in [0.2, 0.25) is 0 Å². The number of nitrogens with zero attached hydrogens (tertiary/aromatic N) is 1. The monoisotopic (exact) mass is 262 g/mol. The molecular formula is C15H16F2N2. The van der Waals surface area contributed by atoms with Crippen molar-refractivity contribution >= 4 is 0 Å². The maximum atomic E-state index is 13.2. The lowest BCUT2D eigenvalue weighted by Gasteiger charge is -2.20. The van der Waals surface area contributed by atoms with E-state index in [1.165, 1.54) is 24.4 Å². The van der Waals surface area contributed by atoms with E-state index in [-0.39, 0.29) is 23.7 Å². The van der Waals surface area contributed by atoms with Gasteiger partial charge in [-0.25, -0.2) is 8.78 Å². The SMILES string of the molecule is CC(NC(C)c1cncc(F)c1)c1cccc(F)c1. The van der Waals surface area contributed by atoms with Crippen molar-refractivity contribution in [2.45, 2.75) is 25.9 Å². The highest BCUT2D eigenvalue weighted by Crippen LogP contribution is 2.19. The molecule has 2 nitrogen and oxygen atoms in total. The van der Waals surface area contributed by atoms with Crippen molar-refractivity contribution in [3.05, 3.63) is 65.5 Å². The molecule has 2 aromatic rings. The molecule has 0 fully saturated rings. The number of halogens is 2. The summed E-state index contributed by atoms with van der Waals surface area (Å²) in [7, 11) is 0. The first-order valence-corrected chi connectivity index (χ1v) is 6.18. The fourth-order valence-corrected chi connectivity index (χ4v) is 2.01. The summed E-state index contributed by atoms with van der Waals surface area (Å²) in [5.74, 6) is -0.615. The lowest BCUT2D eigenvalue weighted by Crippen LogP contribution is -2.22. The van der Waals surface area contributed by atoms with Crippen LogP contribution in [0.1, 0.15) is 37.1 Å². The molecule has 4 heteroatoms. The second kappa shape index (κ2) is 5.89. The van der Waals surface area contributed by atoms with Gasteiger partial charge in [-0.1, -0.05) is 12.1 Å². The first-order chi connectivity index (χ1) is 9.06. The van der Waals surface area contributed by atoms with Gasteiger partial charge in [-0.3, -0.25) is 4.98 Å². The molecule has 0 saturated carbocycles. The predicted octanol–water partition coefficient (Wildman–Crippen LogP) is 3.77. The first kappa shape index (κ1) is 13.6. The summed E-state index contributed by atoms with van der Waals surface area (Å²) in [6.07, 6.45) is 2.80. The lowest BCUT2D eigenvalue weighted by molar-refractivity contribution is 0.488. The van der Waals surface area contributed by atoms with Crippen LogP contribution in [-0.4, -0.2) is 4.98 Å². The zero-order chi connectivity index (χ0) is 13.8. The third kappa shape index (κ3) is 3.58. The molecule has 1 heterocycles. The second-order valence-electron chi connectivity index (χ2n) is 4.60. The van der Waals surface area contributed by atoms with Crippen LogP contribution in [0.2, 0.25) is 0 Å². The first-order valence-electron chi connectivity index (χ1n) is 6.18. The molecule has 0 spiro atoms. The van der Waals surface area contributed by atoms with Crippen LogP contribution in [0, 0.1) is 11.6 Å². The molecule has 0 aliphatic heterocycles. The summed E-state index contributed by atoms with van der Waals surface area (Å²) in [5.41, 5.74) is 1.62. The van der Waals surface area contributed by atoms with Gasteiger partial charge in [-0.15, -0.1) is 0 Å². The molecule has 1 N–H and O–H groups in total. The second-order valence-corrected chi connectivity index (χ2v) is 4.60. The number of benzene rings is 1. The fraction of sp³-hybridized carbons (Fsp3) is 0.267. The molecule has 0 radical (unpaired) electrons. The Morgan fingerprint density at radius 3 is 2.32 bits per heavy atom. The predicted molar refractivity (Wildman–Crippen MR) is 70.6 cm³/mol. The van der Waals surface area contributed by atoms with Gasteiger partial charge in [0.15, 0.2) is 0 Å². The summed E-state index contributed by atoms with van der Waals surface area (Å²) < 4.78 is 26.3. The van der Waals surface area contributed by atoms with Crippen LogP contribution in [0.4, 0.5) is 8.78 Å². The van der Waals surface area contributed by atoms with Crippen LogP contribution in [0.25, 0.3) is 0 Å². The van der Waals surface area contributed by atoms with E-state index in [4.69, 9.17) is 0 Å². The Labute approximate surface area is 111 Å². The normalized spacial score (nSPS) is 14.1. The molecule has 0 aliphatic carbocycles. The minimum absolute atomic E-state index is 0.0334.